The molecule has 0 atom stereocenters. The van der Waals surface area contributed by atoms with Gasteiger partial charge < -0.3 is 13.6 Å². The highest BCUT2D eigenvalue weighted by molar-refractivity contribution is 8.00. The number of hydrogen-bond acceptors (Lipinski definition) is 4. The van der Waals surface area contributed by atoms with Crippen molar-refractivity contribution in [2.45, 2.75) is 85.1 Å². The van der Waals surface area contributed by atoms with E-state index in [-0.39, 0.29) is 5.41 Å². The lowest BCUT2D eigenvalue weighted by Crippen LogP contribution is -2.25. The van der Waals surface area contributed by atoms with Crippen LogP contribution in [0.2, 0.25) is 0 Å². The number of aromatic nitrogens is 2. The first-order valence-corrected chi connectivity index (χ1v) is 14.3. The molecule has 1 aliphatic heterocycles. The van der Waals surface area contributed by atoms with E-state index in [0.29, 0.717) is 5.92 Å². The lowest BCUT2D eigenvalue weighted by atomic mass is 9.94. The van der Waals surface area contributed by atoms with Crippen molar-refractivity contribution in [3.05, 3.63) is 60.4 Å². The van der Waals surface area contributed by atoms with Crippen LogP contribution in [-0.4, -0.2) is 29.8 Å². The first kappa shape index (κ1) is 30.0. The smallest absolute Gasteiger partial charge is 0.115 e. The number of anilines is 1. The molecule has 4 nitrogen and oxygen atoms in total. The summed E-state index contributed by atoms with van der Waals surface area (Å²) in [5.74, 6) is 1.82. The van der Waals surface area contributed by atoms with Gasteiger partial charge in [-0.05, 0) is 73.5 Å². The maximum Gasteiger partial charge on any atom is 0.115 e. The number of nitrogens with zero attached hydrogens (tertiary/aromatic N) is 3. The van der Waals surface area contributed by atoms with Gasteiger partial charge in [-0.25, -0.2) is 4.98 Å². The molecule has 1 fully saturated rings. The molecule has 3 aromatic rings. The number of benzene rings is 2. The fourth-order valence-electron chi connectivity index (χ4n) is 4.27. The van der Waals surface area contributed by atoms with Crippen LogP contribution in [0.15, 0.2) is 53.9 Å². The van der Waals surface area contributed by atoms with Crippen molar-refractivity contribution in [2.75, 3.05) is 24.6 Å². The zero-order chi connectivity index (χ0) is 26.9. The standard InChI is InChI=1S/C27H35N3OS.2C2H6/c1-19(2)21-7-10-23(11-8-21)32-29(6)22-9-12-25-24(17-22)28-26(27(3,4)5)30(25)18-20-13-15-31-16-14-20;2*1-2/h7-12,17,20H,1,13-16,18H2,2-6H3;2*1-2H3. The van der Waals surface area contributed by atoms with Gasteiger partial charge in [0.1, 0.15) is 5.82 Å². The first-order chi connectivity index (χ1) is 17.2. The van der Waals surface area contributed by atoms with E-state index in [1.54, 1.807) is 11.9 Å². The summed E-state index contributed by atoms with van der Waals surface area (Å²) in [4.78, 5) is 6.32. The second-order valence-electron chi connectivity index (χ2n) is 9.92. The van der Waals surface area contributed by atoms with Gasteiger partial charge in [-0.2, -0.15) is 0 Å². The van der Waals surface area contributed by atoms with E-state index in [4.69, 9.17) is 9.72 Å². The summed E-state index contributed by atoms with van der Waals surface area (Å²) in [6.45, 7) is 23.6. The van der Waals surface area contributed by atoms with Crippen LogP contribution in [0.5, 0.6) is 0 Å². The molecule has 0 radical (unpaired) electrons. The maximum atomic E-state index is 5.58. The minimum absolute atomic E-state index is 0.00394. The predicted octanol–water partition coefficient (Wildman–Crippen LogP) is 8.99. The summed E-state index contributed by atoms with van der Waals surface area (Å²) in [6.07, 6.45) is 2.26. The fourth-order valence-corrected chi connectivity index (χ4v) is 5.06. The largest absolute Gasteiger partial charge is 0.381 e. The van der Waals surface area contributed by atoms with Crippen molar-refractivity contribution in [1.29, 1.82) is 0 Å². The SMILES string of the molecule is C=C(C)c1ccc(SN(C)c2ccc3c(c2)nc(C(C)(C)C)n3CC2CCOCC2)cc1.CC.CC. The fraction of sp³-hybridized carbons (Fsp3) is 0.516. The van der Waals surface area contributed by atoms with Gasteiger partial charge in [-0.15, -0.1) is 0 Å². The topological polar surface area (TPSA) is 30.3 Å². The number of rotatable bonds is 6. The molecule has 5 heteroatoms. The second kappa shape index (κ2) is 13.9. The Balaban J connectivity index is 0.00000109. The van der Waals surface area contributed by atoms with Crippen molar-refractivity contribution in [1.82, 2.24) is 9.55 Å². The number of ether oxygens (including phenoxy) is 1. The number of imidazole rings is 1. The average molecular weight is 510 g/mol. The van der Waals surface area contributed by atoms with Crippen LogP contribution in [0.3, 0.4) is 0 Å². The Morgan fingerprint density at radius 1 is 1.06 bits per heavy atom. The predicted molar refractivity (Wildman–Crippen MR) is 160 cm³/mol. The molecule has 0 aliphatic carbocycles. The molecule has 0 amide bonds. The van der Waals surface area contributed by atoms with Crippen LogP contribution < -0.4 is 4.31 Å². The third kappa shape index (κ3) is 7.63. The van der Waals surface area contributed by atoms with Crippen LogP contribution in [0.1, 0.15) is 79.6 Å². The Labute approximate surface area is 224 Å². The molecular weight excluding hydrogens is 462 g/mol. The number of fused-ring (bicyclic) bond motifs is 1. The second-order valence-corrected chi connectivity index (χ2v) is 11.1. The Bertz CT molecular complexity index is 1090. The minimum Gasteiger partial charge on any atom is -0.381 e. The zero-order valence-corrected chi connectivity index (χ0v) is 24.8. The normalized spacial score (nSPS) is 13.9. The molecule has 0 saturated carbocycles. The first-order valence-electron chi connectivity index (χ1n) is 13.5. The van der Waals surface area contributed by atoms with Gasteiger partial charge in [0.25, 0.3) is 0 Å². The Morgan fingerprint density at radius 3 is 2.22 bits per heavy atom. The van der Waals surface area contributed by atoms with Crippen LogP contribution in [-0.2, 0) is 16.7 Å². The highest BCUT2D eigenvalue weighted by atomic mass is 32.2. The minimum atomic E-state index is -0.00394. The highest BCUT2D eigenvalue weighted by Crippen LogP contribution is 2.33. The molecule has 2 aromatic carbocycles. The molecule has 0 bridgehead atoms. The Morgan fingerprint density at radius 2 is 1.67 bits per heavy atom. The third-order valence-corrected chi connectivity index (χ3v) is 7.11. The van der Waals surface area contributed by atoms with E-state index < -0.39 is 0 Å². The molecule has 0 unspecified atom stereocenters. The monoisotopic (exact) mass is 509 g/mol. The van der Waals surface area contributed by atoms with Gasteiger partial charge in [0.2, 0.25) is 0 Å². The Kier molecular flexibility index (Phi) is 11.6. The molecule has 1 aromatic heterocycles. The summed E-state index contributed by atoms with van der Waals surface area (Å²) in [5, 5.41) is 0. The van der Waals surface area contributed by atoms with Gasteiger partial charge in [-0.1, -0.05) is 72.8 Å². The Hall–Kier alpha value is -2.24. The lowest BCUT2D eigenvalue weighted by molar-refractivity contribution is 0.0611. The van der Waals surface area contributed by atoms with Crippen molar-refractivity contribution in [3.63, 3.8) is 0 Å². The third-order valence-electron chi connectivity index (χ3n) is 6.14. The van der Waals surface area contributed by atoms with Crippen LogP contribution in [0.25, 0.3) is 16.6 Å². The maximum absolute atomic E-state index is 5.58. The summed E-state index contributed by atoms with van der Waals surface area (Å²) >= 11 is 1.73. The number of allylic oxidation sites excluding steroid dienone is 1. The van der Waals surface area contributed by atoms with E-state index >= 15 is 0 Å². The molecular formula is C31H47N3OS. The van der Waals surface area contributed by atoms with Gasteiger partial charge >= 0.3 is 0 Å². The van der Waals surface area contributed by atoms with Crippen molar-refractivity contribution >= 4 is 34.2 Å². The molecule has 1 saturated heterocycles. The van der Waals surface area contributed by atoms with Crippen molar-refractivity contribution < 1.29 is 4.74 Å². The average Bonchev–Trinajstić information content (AvgIpc) is 3.25. The summed E-state index contributed by atoms with van der Waals surface area (Å²) in [6, 6.07) is 15.3. The summed E-state index contributed by atoms with van der Waals surface area (Å²) in [5.41, 5.74) is 5.73. The molecule has 198 valence electrons. The summed E-state index contributed by atoms with van der Waals surface area (Å²) in [7, 11) is 2.11. The van der Waals surface area contributed by atoms with Crippen LogP contribution in [0, 0.1) is 5.92 Å². The molecule has 0 N–H and O–H groups in total. The van der Waals surface area contributed by atoms with Crippen LogP contribution >= 0.6 is 11.9 Å². The quantitative estimate of drug-likeness (QED) is 0.310. The molecule has 2 heterocycles. The molecule has 0 spiro atoms. The number of hydrogen-bond donors (Lipinski definition) is 0. The van der Waals surface area contributed by atoms with Crippen LogP contribution in [0.4, 0.5) is 5.69 Å². The van der Waals surface area contributed by atoms with E-state index in [2.05, 4.69) is 85.7 Å². The summed E-state index contributed by atoms with van der Waals surface area (Å²) < 4.78 is 10.2. The van der Waals surface area contributed by atoms with E-state index in [9.17, 15) is 0 Å². The van der Waals surface area contributed by atoms with Gasteiger partial charge in [-0.3, -0.25) is 0 Å². The van der Waals surface area contributed by atoms with E-state index in [0.717, 1.165) is 49.4 Å². The van der Waals surface area contributed by atoms with Gasteiger partial charge in [0, 0.05) is 42.8 Å². The lowest BCUT2D eigenvalue weighted by Gasteiger charge is -2.26. The van der Waals surface area contributed by atoms with Gasteiger partial charge in [0.15, 0.2) is 0 Å². The highest BCUT2D eigenvalue weighted by Gasteiger charge is 2.25. The molecule has 4 rings (SSSR count). The van der Waals surface area contributed by atoms with E-state index in [1.807, 2.05) is 34.6 Å². The van der Waals surface area contributed by atoms with Crippen molar-refractivity contribution in [2.24, 2.45) is 5.92 Å². The van der Waals surface area contributed by atoms with Crippen molar-refractivity contribution in [3.8, 4) is 0 Å². The molecule has 36 heavy (non-hydrogen) atoms. The zero-order valence-electron chi connectivity index (χ0n) is 24.0. The van der Waals surface area contributed by atoms with Gasteiger partial charge in [0.05, 0.1) is 11.0 Å². The van der Waals surface area contributed by atoms with E-state index in [1.165, 1.54) is 21.8 Å². The molecule has 1 aliphatic rings.